The Morgan fingerprint density at radius 1 is 1.16 bits per heavy atom. The van der Waals surface area contributed by atoms with Crippen molar-refractivity contribution in [2.75, 3.05) is 23.3 Å². The fraction of sp³-hybridized carbons (Fsp3) is 0.200. The highest BCUT2D eigenvalue weighted by Crippen LogP contribution is 2.39. The third-order valence-electron chi connectivity index (χ3n) is 5.98. The van der Waals surface area contributed by atoms with Crippen molar-refractivity contribution in [2.45, 2.75) is 24.5 Å². The number of hydrogen-bond acceptors (Lipinski definition) is 7. The molecule has 0 radical (unpaired) electrons. The lowest BCUT2D eigenvalue weighted by atomic mass is 10.2. The van der Waals surface area contributed by atoms with Gasteiger partial charge in [0.05, 0.1) is 34.5 Å². The van der Waals surface area contributed by atoms with Crippen LogP contribution in [0.2, 0.25) is 5.02 Å². The highest BCUT2D eigenvalue weighted by atomic mass is 35.5. The fourth-order valence-electron chi connectivity index (χ4n) is 4.13. The number of nitrogens with one attached hydrogen (secondary N) is 1. The van der Waals surface area contributed by atoms with Crippen LogP contribution in [0, 0.1) is 0 Å². The summed E-state index contributed by atoms with van der Waals surface area (Å²) in [7, 11) is -2.58. The molecule has 0 spiro atoms. The molecular formula is C25H22ClN3O6S2. The Hall–Kier alpha value is -3.54. The van der Waals surface area contributed by atoms with Crippen LogP contribution in [0.15, 0.2) is 70.4 Å². The summed E-state index contributed by atoms with van der Waals surface area (Å²) in [6, 6.07) is 15.7. The highest BCUT2D eigenvalue weighted by Gasteiger charge is 2.38. The van der Waals surface area contributed by atoms with Gasteiger partial charge in [0.25, 0.3) is 15.9 Å². The normalized spacial score (nSPS) is 15.2. The molecule has 12 heteroatoms. The zero-order chi connectivity index (χ0) is 26.3. The van der Waals surface area contributed by atoms with E-state index in [4.69, 9.17) is 21.1 Å². The summed E-state index contributed by atoms with van der Waals surface area (Å²) in [6.45, 7) is 2.16. The first-order valence-corrected chi connectivity index (χ1v) is 13.9. The highest BCUT2D eigenvalue weighted by molar-refractivity contribution is 7.92. The van der Waals surface area contributed by atoms with Gasteiger partial charge in [0.1, 0.15) is 11.5 Å². The number of amides is 1. The minimum absolute atomic E-state index is 0.0288. The average Bonchev–Trinajstić information content (AvgIpc) is 3.21. The molecule has 1 aromatic heterocycles. The monoisotopic (exact) mass is 559 g/mol. The molecule has 1 atom stereocenters. The Balaban J connectivity index is 1.46. The van der Waals surface area contributed by atoms with Crippen molar-refractivity contribution in [1.29, 1.82) is 0 Å². The molecule has 0 saturated heterocycles. The van der Waals surface area contributed by atoms with Crippen molar-refractivity contribution in [3.63, 3.8) is 0 Å². The van der Waals surface area contributed by atoms with Crippen molar-refractivity contribution in [1.82, 2.24) is 4.57 Å². The summed E-state index contributed by atoms with van der Waals surface area (Å²) >= 11 is 7.25. The van der Waals surface area contributed by atoms with E-state index in [0.717, 1.165) is 25.9 Å². The molecule has 1 N–H and O–H groups in total. The summed E-state index contributed by atoms with van der Waals surface area (Å²) in [4.78, 5) is 25.4. The molecule has 1 aliphatic heterocycles. The third-order valence-corrected chi connectivity index (χ3v) is 8.95. The number of carbonyl (C=O) groups is 1. The van der Waals surface area contributed by atoms with E-state index in [1.54, 1.807) is 41.0 Å². The average molecular weight is 560 g/mol. The maximum absolute atomic E-state index is 13.6. The lowest BCUT2D eigenvalue weighted by Crippen LogP contribution is -2.48. The summed E-state index contributed by atoms with van der Waals surface area (Å²) in [6.07, 6.45) is -1.14. The lowest BCUT2D eigenvalue weighted by molar-refractivity contribution is -0.122. The first-order chi connectivity index (χ1) is 17.7. The van der Waals surface area contributed by atoms with Gasteiger partial charge in [-0.3, -0.25) is 18.5 Å². The van der Waals surface area contributed by atoms with Crippen molar-refractivity contribution in [2.24, 2.45) is 0 Å². The number of fused-ring (bicyclic) bond motifs is 2. The number of carbonyl (C=O) groups excluding carboxylic acids is 1. The Bertz CT molecular complexity index is 1660. The number of hydrogen-bond donors (Lipinski definition) is 1. The van der Waals surface area contributed by atoms with Crippen molar-refractivity contribution in [3.8, 4) is 11.5 Å². The second kappa shape index (κ2) is 9.73. The molecule has 0 saturated carbocycles. The molecular weight excluding hydrogens is 538 g/mol. The van der Waals surface area contributed by atoms with Gasteiger partial charge >= 0.3 is 4.87 Å². The number of thiazole rings is 1. The van der Waals surface area contributed by atoms with Crippen molar-refractivity contribution in [3.05, 3.63) is 75.4 Å². The summed E-state index contributed by atoms with van der Waals surface area (Å²) in [5, 5.41) is 3.11. The van der Waals surface area contributed by atoms with Gasteiger partial charge in [0.15, 0.2) is 6.10 Å². The second-order valence-electron chi connectivity index (χ2n) is 8.21. The van der Waals surface area contributed by atoms with Gasteiger partial charge in [0.2, 0.25) is 0 Å². The molecule has 4 aromatic rings. The quantitative estimate of drug-likeness (QED) is 0.377. The zero-order valence-electron chi connectivity index (χ0n) is 19.8. The van der Waals surface area contributed by atoms with E-state index in [1.165, 1.54) is 31.4 Å². The van der Waals surface area contributed by atoms with Gasteiger partial charge < -0.3 is 14.8 Å². The predicted octanol–water partition coefficient (Wildman–Crippen LogP) is 4.34. The van der Waals surface area contributed by atoms with Gasteiger partial charge in [-0.2, -0.15) is 0 Å². The summed E-state index contributed by atoms with van der Waals surface area (Å²) < 4.78 is 41.8. The number of aromatic nitrogens is 1. The third kappa shape index (κ3) is 4.65. The Morgan fingerprint density at radius 3 is 2.62 bits per heavy atom. The number of methoxy groups -OCH3 is 1. The molecule has 1 aliphatic rings. The molecule has 37 heavy (non-hydrogen) atoms. The smallest absolute Gasteiger partial charge is 0.308 e. The molecule has 192 valence electrons. The molecule has 1 amide bonds. The van der Waals surface area contributed by atoms with Crippen LogP contribution in [0.3, 0.4) is 0 Å². The molecule has 2 heterocycles. The first kappa shape index (κ1) is 25.1. The standard InChI is InChI=1S/C25H22ClN3O6S2/c1-3-28-19-10-5-16(13-23(19)36-25(28)31)27-24(30)22-14-29(20-12-15(26)4-11-21(20)35-22)37(32,33)18-8-6-17(34-2)7-9-18/h4-13,22H,3,14H2,1-2H3,(H,27,30)/t22-/m0/s1. The van der Waals surface area contributed by atoms with Gasteiger partial charge in [-0.1, -0.05) is 22.9 Å². The minimum Gasteiger partial charge on any atom is -0.497 e. The maximum Gasteiger partial charge on any atom is 0.308 e. The number of benzene rings is 3. The maximum atomic E-state index is 13.6. The number of aryl methyl sites for hydroxylation is 1. The SMILES string of the molecule is CCn1c(=O)sc2cc(NC(=O)[C@@H]3CN(S(=O)(=O)c4ccc(OC)cc4)c4cc(Cl)ccc4O3)ccc21. The van der Waals surface area contributed by atoms with Crippen LogP contribution in [0.1, 0.15) is 6.92 Å². The van der Waals surface area contributed by atoms with Crippen molar-refractivity contribution < 1.29 is 22.7 Å². The van der Waals surface area contributed by atoms with E-state index >= 15 is 0 Å². The van der Waals surface area contributed by atoms with Crippen LogP contribution in [0.4, 0.5) is 11.4 Å². The van der Waals surface area contributed by atoms with Crippen LogP contribution >= 0.6 is 22.9 Å². The fourth-order valence-corrected chi connectivity index (χ4v) is 6.76. The predicted molar refractivity (Wildman–Crippen MR) is 144 cm³/mol. The number of ether oxygens (including phenoxy) is 2. The molecule has 0 fully saturated rings. The van der Waals surface area contributed by atoms with E-state index in [2.05, 4.69) is 5.32 Å². The van der Waals surface area contributed by atoms with Crippen molar-refractivity contribution >= 4 is 60.5 Å². The van der Waals surface area contributed by atoms with Crippen LogP contribution in [0.25, 0.3) is 10.2 Å². The van der Waals surface area contributed by atoms with Crippen LogP contribution in [0.5, 0.6) is 11.5 Å². The second-order valence-corrected chi connectivity index (χ2v) is 11.5. The molecule has 0 bridgehead atoms. The van der Waals surface area contributed by atoms with Gasteiger partial charge in [0, 0.05) is 17.3 Å². The van der Waals surface area contributed by atoms with E-state index in [9.17, 15) is 18.0 Å². The Kier molecular flexibility index (Phi) is 6.61. The zero-order valence-corrected chi connectivity index (χ0v) is 22.2. The summed E-state index contributed by atoms with van der Waals surface area (Å²) in [5.41, 5.74) is 1.49. The van der Waals surface area contributed by atoms with Crippen LogP contribution in [-0.4, -0.2) is 38.7 Å². The number of rotatable bonds is 6. The van der Waals surface area contributed by atoms with E-state index in [-0.39, 0.29) is 27.8 Å². The van der Waals surface area contributed by atoms with Crippen LogP contribution in [-0.2, 0) is 21.4 Å². The first-order valence-electron chi connectivity index (χ1n) is 11.3. The summed E-state index contributed by atoms with van der Waals surface area (Å²) in [5.74, 6) is 0.191. The van der Waals surface area contributed by atoms with Crippen LogP contribution < -0.4 is 24.0 Å². The lowest BCUT2D eigenvalue weighted by Gasteiger charge is -2.34. The van der Waals surface area contributed by atoms with Gasteiger partial charge in [-0.15, -0.1) is 0 Å². The molecule has 0 unspecified atom stereocenters. The number of nitrogens with zero attached hydrogens (tertiary/aromatic N) is 2. The number of sulfonamides is 1. The van der Waals surface area contributed by atoms with Gasteiger partial charge in [-0.05, 0) is 67.6 Å². The Morgan fingerprint density at radius 2 is 1.92 bits per heavy atom. The van der Waals surface area contributed by atoms with E-state index < -0.39 is 22.0 Å². The van der Waals surface area contributed by atoms with E-state index in [0.29, 0.717) is 23.0 Å². The molecule has 9 nitrogen and oxygen atoms in total. The number of anilines is 2. The Labute approximate surface area is 221 Å². The molecule has 3 aromatic carbocycles. The topological polar surface area (TPSA) is 107 Å². The minimum atomic E-state index is -4.07. The molecule has 5 rings (SSSR count). The molecule has 0 aliphatic carbocycles. The number of halogens is 1. The van der Waals surface area contributed by atoms with Gasteiger partial charge in [-0.25, -0.2) is 8.42 Å². The largest absolute Gasteiger partial charge is 0.497 e. The van der Waals surface area contributed by atoms with E-state index in [1.807, 2.05) is 6.92 Å².